The Hall–Kier alpha value is -2.09. The molecule has 1 aromatic heterocycles. The van der Waals surface area contributed by atoms with Crippen LogP contribution in [0.3, 0.4) is 0 Å². The lowest BCUT2D eigenvalue weighted by Crippen LogP contribution is -1.86. The van der Waals surface area contributed by atoms with Gasteiger partial charge < -0.3 is 4.42 Å². The molecule has 0 aliphatic heterocycles. The highest BCUT2D eigenvalue weighted by atomic mass is 16.3. The fourth-order valence-corrected chi connectivity index (χ4v) is 2.42. The second kappa shape index (κ2) is 4.88. The summed E-state index contributed by atoms with van der Waals surface area (Å²) in [4.78, 5) is 4.62. The summed E-state index contributed by atoms with van der Waals surface area (Å²) in [6.45, 7) is 4.29. The summed E-state index contributed by atoms with van der Waals surface area (Å²) >= 11 is 0. The number of aromatic nitrogens is 1. The van der Waals surface area contributed by atoms with Gasteiger partial charge in [-0.2, -0.15) is 0 Å². The summed E-state index contributed by atoms with van der Waals surface area (Å²) in [5.74, 6) is 0.707. The number of hydrogen-bond donors (Lipinski definition) is 0. The molecule has 3 rings (SSSR count). The van der Waals surface area contributed by atoms with E-state index in [1.165, 1.54) is 11.1 Å². The Balaban J connectivity index is 2.17. The van der Waals surface area contributed by atoms with E-state index in [2.05, 4.69) is 31.0 Å². The van der Waals surface area contributed by atoms with Gasteiger partial charge in [-0.1, -0.05) is 37.6 Å². The lowest BCUT2D eigenvalue weighted by molar-refractivity contribution is 0.614. The van der Waals surface area contributed by atoms with Gasteiger partial charge >= 0.3 is 0 Å². The van der Waals surface area contributed by atoms with E-state index in [0.29, 0.717) is 5.89 Å². The molecule has 0 amide bonds. The van der Waals surface area contributed by atoms with Crippen molar-refractivity contribution < 1.29 is 4.42 Å². The first-order valence-electron chi connectivity index (χ1n) is 6.73. The van der Waals surface area contributed by atoms with E-state index >= 15 is 0 Å². The van der Waals surface area contributed by atoms with Crippen molar-refractivity contribution in [3.8, 4) is 11.5 Å². The van der Waals surface area contributed by atoms with E-state index in [0.717, 1.165) is 29.5 Å². The molecule has 0 bridgehead atoms. The summed E-state index contributed by atoms with van der Waals surface area (Å²) in [7, 11) is 0. The van der Waals surface area contributed by atoms with Crippen LogP contribution in [0.25, 0.3) is 22.6 Å². The SMILES string of the molecule is CCCc1cc(C)cc2nc(-c3ccccc3)oc12. The summed E-state index contributed by atoms with van der Waals surface area (Å²) in [5.41, 5.74) is 5.42. The van der Waals surface area contributed by atoms with E-state index in [1.54, 1.807) is 0 Å². The minimum Gasteiger partial charge on any atom is -0.436 e. The Morgan fingerprint density at radius 2 is 1.89 bits per heavy atom. The topological polar surface area (TPSA) is 26.0 Å². The van der Waals surface area contributed by atoms with Gasteiger partial charge in [0.2, 0.25) is 5.89 Å². The summed E-state index contributed by atoms with van der Waals surface area (Å²) in [5, 5.41) is 0. The lowest BCUT2D eigenvalue weighted by atomic mass is 10.1. The largest absolute Gasteiger partial charge is 0.436 e. The van der Waals surface area contributed by atoms with E-state index in [4.69, 9.17) is 4.42 Å². The third-order valence-corrected chi connectivity index (χ3v) is 3.25. The van der Waals surface area contributed by atoms with Gasteiger partial charge in [0, 0.05) is 5.56 Å². The number of oxazole rings is 1. The Labute approximate surface area is 113 Å². The molecule has 2 nitrogen and oxygen atoms in total. The number of aryl methyl sites for hydroxylation is 2. The fourth-order valence-electron chi connectivity index (χ4n) is 2.42. The molecule has 0 spiro atoms. The lowest BCUT2D eigenvalue weighted by Gasteiger charge is -2.00. The van der Waals surface area contributed by atoms with Crippen LogP contribution in [0.2, 0.25) is 0 Å². The molecule has 2 heteroatoms. The van der Waals surface area contributed by atoms with E-state index < -0.39 is 0 Å². The van der Waals surface area contributed by atoms with E-state index in [1.807, 2.05) is 30.3 Å². The van der Waals surface area contributed by atoms with Crippen LogP contribution in [0.1, 0.15) is 24.5 Å². The van der Waals surface area contributed by atoms with Crippen molar-refractivity contribution in [1.29, 1.82) is 0 Å². The van der Waals surface area contributed by atoms with Gasteiger partial charge in [-0.3, -0.25) is 0 Å². The third kappa shape index (κ3) is 2.26. The van der Waals surface area contributed by atoms with Gasteiger partial charge in [0.05, 0.1) is 0 Å². The third-order valence-electron chi connectivity index (χ3n) is 3.25. The molecule has 2 aromatic carbocycles. The van der Waals surface area contributed by atoms with Crippen LogP contribution in [0.5, 0.6) is 0 Å². The van der Waals surface area contributed by atoms with Crippen molar-refractivity contribution >= 4 is 11.1 Å². The molecule has 96 valence electrons. The first-order chi connectivity index (χ1) is 9.28. The molecule has 0 aliphatic rings. The predicted molar refractivity (Wildman–Crippen MR) is 78.2 cm³/mol. The number of nitrogens with zero attached hydrogens (tertiary/aromatic N) is 1. The second-order valence-electron chi connectivity index (χ2n) is 4.91. The maximum atomic E-state index is 5.98. The van der Waals surface area contributed by atoms with Crippen LogP contribution in [0.4, 0.5) is 0 Å². The Morgan fingerprint density at radius 1 is 1.11 bits per heavy atom. The Bertz CT molecular complexity index is 698. The van der Waals surface area contributed by atoms with Gasteiger partial charge in [0.15, 0.2) is 5.58 Å². The Morgan fingerprint density at radius 3 is 2.63 bits per heavy atom. The molecule has 0 radical (unpaired) electrons. The van der Waals surface area contributed by atoms with Gasteiger partial charge in [-0.25, -0.2) is 4.98 Å². The number of hydrogen-bond acceptors (Lipinski definition) is 2. The van der Waals surface area contributed by atoms with Gasteiger partial charge in [0.25, 0.3) is 0 Å². The molecule has 19 heavy (non-hydrogen) atoms. The van der Waals surface area contributed by atoms with E-state index in [9.17, 15) is 0 Å². The van der Waals surface area contributed by atoms with Crippen LogP contribution >= 0.6 is 0 Å². The van der Waals surface area contributed by atoms with Crippen molar-refractivity contribution in [2.24, 2.45) is 0 Å². The molecule has 1 heterocycles. The molecular formula is C17H17NO. The highest BCUT2D eigenvalue weighted by Crippen LogP contribution is 2.28. The first kappa shape index (κ1) is 12.0. The summed E-state index contributed by atoms with van der Waals surface area (Å²) in [6.07, 6.45) is 2.14. The maximum Gasteiger partial charge on any atom is 0.227 e. The minimum absolute atomic E-state index is 0.707. The second-order valence-corrected chi connectivity index (χ2v) is 4.91. The monoisotopic (exact) mass is 251 g/mol. The van der Waals surface area contributed by atoms with Crippen LogP contribution in [0, 0.1) is 6.92 Å². The number of fused-ring (bicyclic) bond motifs is 1. The predicted octanol–water partition coefficient (Wildman–Crippen LogP) is 4.76. The minimum atomic E-state index is 0.707. The molecule has 0 atom stereocenters. The molecule has 0 N–H and O–H groups in total. The number of benzene rings is 2. The fraction of sp³-hybridized carbons (Fsp3) is 0.235. The van der Waals surface area contributed by atoms with Crippen molar-refractivity contribution in [3.63, 3.8) is 0 Å². The molecular weight excluding hydrogens is 234 g/mol. The number of rotatable bonds is 3. The molecule has 0 unspecified atom stereocenters. The van der Waals surface area contributed by atoms with Crippen molar-refractivity contribution in [3.05, 3.63) is 53.6 Å². The van der Waals surface area contributed by atoms with Crippen LogP contribution in [-0.2, 0) is 6.42 Å². The van der Waals surface area contributed by atoms with Crippen LogP contribution in [0.15, 0.2) is 46.9 Å². The van der Waals surface area contributed by atoms with Crippen molar-refractivity contribution in [2.45, 2.75) is 26.7 Å². The molecule has 0 saturated carbocycles. The standard InChI is InChI=1S/C17H17NO/c1-3-7-14-10-12(2)11-15-16(14)19-17(18-15)13-8-5-4-6-9-13/h4-6,8-11H,3,7H2,1-2H3. The molecule has 3 aromatic rings. The smallest absolute Gasteiger partial charge is 0.227 e. The zero-order valence-electron chi connectivity index (χ0n) is 11.3. The van der Waals surface area contributed by atoms with Crippen molar-refractivity contribution in [1.82, 2.24) is 4.98 Å². The zero-order chi connectivity index (χ0) is 13.2. The average Bonchev–Trinajstić information content (AvgIpc) is 2.84. The quantitative estimate of drug-likeness (QED) is 0.671. The average molecular weight is 251 g/mol. The highest BCUT2D eigenvalue weighted by molar-refractivity contribution is 5.80. The zero-order valence-corrected chi connectivity index (χ0v) is 11.3. The maximum absolute atomic E-state index is 5.98. The molecule has 0 saturated heterocycles. The van der Waals surface area contributed by atoms with Crippen LogP contribution in [-0.4, -0.2) is 4.98 Å². The van der Waals surface area contributed by atoms with Gasteiger partial charge in [0.1, 0.15) is 5.52 Å². The van der Waals surface area contributed by atoms with Crippen molar-refractivity contribution in [2.75, 3.05) is 0 Å². The summed E-state index contributed by atoms with van der Waals surface area (Å²) in [6, 6.07) is 14.3. The summed E-state index contributed by atoms with van der Waals surface area (Å²) < 4.78 is 5.98. The molecule has 0 aliphatic carbocycles. The van der Waals surface area contributed by atoms with Gasteiger partial charge in [-0.15, -0.1) is 0 Å². The van der Waals surface area contributed by atoms with Crippen LogP contribution < -0.4 is 0 Å². The highest BCUT2D eigenvalue weighted by Gasteiger charge is 2.11. The van der Waals surface area contributed by atoms with E-state index in [-0.39, 0.29) is 0 Å². The van der Waals surface area contributed by atoms with Gasteiger partial charge in [-0.05, 0) is 42.7 Å². The Kier molecular flexibility index (Phi) is 3.08. The normalized spacial score (nSPS) is 11.1. The molecule has 0 fully saturated rings. The first-order valence-corrected chi connectivity index (χ1v) is 6.73.